The highest BCUT2D eigenvalue weighted by atomic mass is 35.5. The van der Waals surface area contributed by atoms with Gasteiger partial charge in [-0.05, 0) is 38.3 Å². The number of nitrogens with one attached hydrogen (secondary N) is 2. The number of rotatable bonds is 3. The Morgan fingerprint density at radius 2 is 2.21 bits per heavy atom. The molecule has 0 spiro atoms. The average molecular weight is 283 g/mol. The molecule has 1 amide bonds. The van der Waals surface area contributed by atoms with E-state index in [1.807, 2.05) is 0 Å². The zero-order valence-electron chi connectivity index (χ0n) is 10.8. The first kappa shape index (κ1) is 14.2. The summed E-state index contributed by atoms with van der Waals surface area (Å²) >= 11 is 0. The molecule has 2 fully saturated rings. The molecule has 0 aromatic carbocycles. The minimum atomic E-state index is -0.0759. The second-order valence-electron chi connectivity index (χ2n) is 5.09. The summed E-state index contributed by atoms with van der Waals surface area (Å²) in [4.78, 5) is 20.7. The van der Waals surface area contributed by atoms with Crippen molar-refractivity contribution in [2.24, 2.45) is 0 Å². The normalized spacial score (nSPS) is 22.4. The van der Waals surface area contributed by atoms with Gasteiger partial charge in [0.2, 0.25) is 0 Å². The van der Waals surface area contributed by atoms with Gasteiger partial charge < -0.3 is 10.6 Å². The number of aromatic nitrogens is 2. The second kappa shape index (κ2) is 6.30. The van der Waals surface area contributed by atoms with Gasteiger partial charge in [-0.1, -0.05) is 0 Å². The summed E-state index contributed by atoms with van der Waals surface area (Å²) in [5, 5.41) is 6.31. The van der Waals surface area contributed by atoms with Gasteiger partial charge in [0, 0.05) is 24.7 Å². The smallest absolute Gasteiger partial charge is 0.270 e. The first-order valence-corrected chi connectivity index (χ1v) is 6.67. The molecule has 1 atom stereocenters. The van der Waals surface area contributed by atoms with Gasteiger partial charge >= 0.3 is 0 Å². The third-order valence-electron chi connectivity index (χ3n) is 3.48. The lowest BCUT2D eigenvalue weighted by molar-refractivity contribution is 0.0925. The van der Waals surface area contributed by atoms with Gasteiger partial charge in [0.1, 0.15) is 11.5 Å². The van der Waals surface area contributed by atoms with Crippen molar-refractivity contribution in [2.75, 3.05) is 13.1 Å². The molecule has 1 saturated heterocycles. The molecular formula is C13H19ClN4O. The second-order valence-corrected chi connectivity index (χ2v) is 5.09. The van der Waals surface area contributed by atoms with Gasteiger partial charge in [0.25, 0.3) is 5.91 Å². The van der Waals surface area contributed by atoms with Crippen LogP contribution in [0.1, 0.15) is 47.9 Å². The summed E-state index contributed by atoms with van der Waals surface area (Å²) in [5.74, 6) is 1.23. The van der Waals surface area contributed by atoms with Gasteiger partial charge in [-0.2, -0.15) is 0 Å². The summed E-state index contributed by atoms with van der Waals surface area (Å²) in [6.45, 7) is 1.90. The fourth-order valence-corrected chi connectivity index (χ4v) is 2.27. The van der Waals surface area contributed by atoms with Gasteiger partial charge in [0.05, 0.1) is 0 Å². The van der Waals surface area contributed by atoms with Crippen molar-refractivity contribution < 1.29 is 4.79 Å². The Kier molecular flexibility index (Phi) is 4.71. The third-order valence-corrected chi connectivity index (χ3v) is 3.48. The van der Waals surface area contributed by atoms with Crippen LogP contribution in [0.4, 0.5) is 0 Å². The molecule has 1 aliphatic carbocycles. The SMILES string of the molecule is Cl.O=C(N[C@H]1CCCNC1)c1ccnc(C2CC2)n1. The van der Waals surface area contributed by atoms with Crippen LogP contribution in [0.15, 0.2) is 12.3 Å². The van der Waals surface area contributed by atoms with E-state index in [0.717, 1.165) is 44.6 Å². The summed E-state index contributed by atoms with van der Waals surface area (Å²) in [6.07, 6.45) is 6.14. The Labute approximate surface area is 119 Å². The lowest BCUT2D eigenvalue weighted by atomic mass is 10.1. The predicted molar refractivity (Wildman–Crippen MR) is 74.6 cm³/mol. The van der Waals surface area contributed by atoms with Crippen molar-refractivity contribution in [1.82, 2.24) is 20.6 Å². The number of hydrogen-bond acceptors (Lipinski definition) is 4. The molecule has 5 nitrogen and oxygen atoms in total. The number of carbonyl (C=O) groups excluding carboxylic acids is 1. The maximum atomic E-state index is 12.1. The first-order valence-electron chi connectivity index (χ1n) is 6.67. The maximum absolute atomic E-state index is 12.1. The monoisotopic (exact) mass is 282 g/mol. The molecule has 0 radical (unpaired) electrons. The van der Waals surface area contributed by atoms with E-state index in [4.69, 9.17) is 0 Å². The highest BCUT2D eigenvalue weighted by Gasteiger charge is 2.27. The summed E-state index contributed by atoms with van der Waals surface area (Å²) in [5.41, 5.74) is 0.498. The number of amides is 1. The van der Waals surface area contributed by atoms with E-state index in [2.05, 4.69) is 20.6 Å². The predicted octanol–water partition coefficient (Wildman–Crippen LogP) is 1.26. The summed E-state index contributed by atoms with van der Waals surface area (Å²) in [7, 11) is 0. The molecule has 104 valence electrons. The fraction of sp³-hybridized carbons (Fsp3) is 0.615. The van der Waals surface area contributed by atoms with Crippen LogP contribution in [-0.2, 0) is 0 Å². The summed E-state index contributed by atoms with van der Waals surface area (Å²) < 4.78 is 0. The molecular weight excluding hydrogens is 264 g/mol. The van der Waals surface area contributed by atoms with Gasteiger partial charge in [-0.25, -0.2) is 9.97 Å². The van der Waals surface area contributed by atoms with Gasteiger partial charge in [0.15, 0.2) is 0 Å². The van der Waals surface area contributed by atoms with Crippen LogP contribution in [0.25, 0.3) is 0 Å². The highest BCUT2D eigenvalue weighted by Crippen LogP contribution is 2.37. The summed E-state index contributed by atoms with van der Waals surface area (Å²) in [6, 6.07) is 1.92. The van der Waals surface area contributed by atoms with Crippen LogP contribution in [0.3, 0.4) is 0 Å². The van der Waals surface area contributed by atoms with Crippen LogP contribution in [0.2, 0.25) is 0 Å². The first-order chi connectivity index (χ1) is 8.83. The molecule has 2 aliphatic rings. The molecule has 2 N–H and O–H groups in total. The Bertz CT molecular complexity index is 444. The fourth-order valence-electron chi connectivity index (χ4n) is 2.27. The molecule has 0 unspecified atom stereocenters. The van der Waals surface area contributed by atoms with E-state index < -0.39 is 0 Å². The van der Waals surface area contributed by atoms with Crippen LogP contribution in [0, 0.1) is 0 Å². The van der Waals surface area contributed by atoms with Crippen molar-refractivity contribution in [2.45, 2.75) is 37.6 Å². The number of hydrogen-bond donors (Lipinski definition) is 2. The lowest BCUT2D eigenvalue weighted by Gasteiger charge is -2.23. The van der Waals surface area contributed by atoms with Crippen LogP contribution in [-0.4, -0.2) is 35.0 Å². The molecule has 1 aliphatic heterocycles. The van der Waals surface area contributed by atoms with E-state index in [0.29, 0.717) is 11.6 Å². The van der Waals surface area contributed by atoms with E-state index in [9.17, 15) is 4.79 Å². The number of carbonyl (C=O) groups is 1. The molecule has 6 heteroatoms. The lowest BCUT2D eigenvalue weighted by Crippen LogP contribution is -2.45. The number of halogens is 1. The minimum Gasteiger partial charge on any atom is -0.347 e. The van der Waals surface area contributed by atoms with Crippen molar-refractivity contribution in [3.63, 3.8) is 0 Å². The van der Waals surface area contributed by atoms with Crippen molar-refractivity contribution in [3.8, 4) is 0 Å². The van der Waals surface area contributed by atoms with E-state index >= 15 is 0 Å². The Morgan fingerprint density at radius 3 is 2.89 bits per heavy atom. The topological polar surface area (TPSA) is 66.9 Å². The van der Waals surface area contributed by atoms with Crippen molar-refractivity contribution in [3.05, 3.63) is 23.8 Å². The van der Waals surface area contributed by atoms with Gasteiger partial charge in [-0.15, -0.1) is 12.4 Å². The quantitative estimate of drug-likeness (QED) is 0.876. The molecule has 0 bridgehead atoms. The maximum Gasteiger partial charge on any atom is 0.270 e. The zero-order valence-corrected chi connectivity index (χ0v) is 11.6. The Balaban J connectivity index is 0.00000133. The molecule has 1 aromatic heterocycles. The molecule has 19 heavy (non-hydrogen) atoms. The molecule has 1 saturated carbocycles. The molecule has 2 heterocycles. The van der Waals surface area contributed by atoms with E-state index in [1.54, 1.807) is 12.3 Å². The third kappa shape index (κ3) is 3.64. The molecule has 3 rings (SSSR count). The zero-order chi connectivity index (χ0) is 12.4. The van der Waals surface area contributed by atoms with Crippen LogP contribution < -0.4 is 10.6 Å². The minimum absolute atomic E-state index is 0. The van der Waals surface area contributed by atoms with Crippen molar-refractivity contribution >= 4 is 18.3 Å². The van der Waals surface area contributed by atoms with Gasteiger partial charge in [-0.3, -0.25) is 4.79 Å². The Hall–Kier alpha value is -1.20. The van der Waals surface area contributed by atoms with Crippen LogP contribution >= 0.6 is 12.4 Å². The van der Waals surface area contributed by atoms with E-state index in [-0.39, 0.29) is 24.4 Å². The largest absolute Gasteiger partial charge is 0.347 e. The Morgan fingerprint density at radius 1 is 1.37 bits per heavy atom. The van der Waals surface area contributed by atoms with Crippen LogP contribution in [0.5, 0.6) is 0 Å². The highest BCUT2D eigenvalue weighted by molar-refractivity contribution is 5.92. The number of nitrogens with zero attached hydrogens (tertiary/aromatic N) is 2. The van der Waals surface area contributed by atoms with Crippen molar-refractivity contribution in [1.29, 1.82) is 0 Å². The van der Waals surface area contributed by atoms with E-state index in [1.165, 1.54) is 0 Å². The average Bonchev–Trinajstić information content (AvgIpc) is 3.24. The molecule has 1 aromatic rings. The number of piperidine rings is 1. The standard InChI is InChI=1S/C13H18N4O.ClH/c18-13(16-10-2-1-6-14-8-10)11-5-7-15-12(17-11)9-3-4-9;/h5,7,9-10,14H,1-4,6,8H2,(H,16,18);1H/t10-;/m0./s1.